The van der Waals surface area contributed by atoms with E-state index < -0.39 is 11.7 Å². The summed E-state index contributed by atoms with van der Waals surface area (Å²) < 4.78 is 44.0. The number of morpholine rings is 1. The Labute approximate surface area is 131 Å². The van der Waals surface area contributed by atoms with E-state index >= 15 is 0 Å². The number of alkyl halides is 3. The van der Waals surface area contributed by atoms with Gasteiger partial charge in [-0.05, 0) is 31.0 Å². The zero-order valence-electron chi connectivity index (χ0n) is 12.2. The van der Waals surface area contributed by atoms with Crippen LogP contribution >= 0.6 is 0 Å². The Balaban J connectivity index is 1.91. The molecule has 1 N–H and O–H groups in total. The minimum atomic E-state index is -4.54. The van der Waals surface area contributed by atoms with Gasteiger partial charge >= 0.3 is 6.18 Å². The van der Waals surface area contributed by atoms with Gasteiger partial charge in [-0.1, -0.05) is 0 Å². The lowest BCUT2D eigenvalue weighted by Gasteiger charge is -2.39. The van der Waals surface area contributed by atoms with Crippen LogP contribution in [0.4, 0.5) is 13.2 Å². The van der Waals surface area contributed by atoms with E-state index in [-0.39, 0.29) is 34.9 Å². The minimum absolute atomic E-state index is 0.0112. The molecule has 3 rings (SSSR count). The molecule has 2 fully saturated rings. The summed E-state index contributed by atoms with van der Waals surface area (Å²) in [4.78, 5) is 12.7. The molecule has 7 heteroatoms. The van der Waals surface area contributed by atoms with Crippen LogP contribution in [0.25, 0.3) is 0 Å². The van der Waals surface area contributed by atoms with E-state index in [1.54, 1.807) is 0 Å². The highest BCUT2D eigenvalue weighted by molar-refractivity contribution is 6.00. The van der Waals surface area contributed by atoms with Crippen molar-refractivity contribution in [2.45, 2.75) is 31.1 Å². The number of fused-ring (bicyclic) bond motifs is 2. The average Bonchev–Trinajstić information content (AvgIpc) is 2.52. The largest absolute Gasteiger partial charge is 0.416 e. The van der Waals surface area contributed by atoms with E-state index in [1.807, 2.05) is 6.07 Å². The fourth-order valence-corrected chi connectivity index (χ4v) is 3.29. The molecule has 1 aromatic rings. The van der Waals surface area contributed by atoms with Crippen LogP contribution in [0.2, 0.25) is 0 Å². The van der Waals surface area contributed by atoms with Crippen LogP contribution < -0.4 is 5.32 Å². The van der Waals surface area contributed by atoms with Gasteiger partial charge in [-0.25, -0.2) is 0 Å². The van der Waals surface area contributed by atoms with Crippen LogP contribution in [-0.2, 0) is 10.9 Å². The Kier molecular flexibility index (Phi) is 4.13. The number of nitrogens with one attached hydrogen (secondary N) is 1. The number of hydrogen-bond donors (Lipinski definition) is 1. The zero-order chi connectivity index (χ0) is 16.6. The highest BCUT2D eigenvalue weighted by atomic mass is 19.4. The molecule has 4 nitrogen and oxygen atoms in total. The second-order valence-corrected chi connectivity index (χ2v) is 6.00. The molecule has 2 heterocycles. The summed E-state index contributed by atoms with van der Waals surface area (Å²) >= 11 is 0. The number of halogens is 3. The van der Waals surface area contributed by atoms with Crippen molar-refractivity contribution in [2.24, 2.45) is 5.92 Å². The van der Waals surface area contributed by atoms with Gasteiger partial charge in [-0.2, -0.15) is 18.4 Å². The Morgan fingerprint density at radius 1 is 1.26 bits per heavy atom. The number of carbonyl (C=O) groups is 1. The first-order valence-electron chi connectivity index (χ1n) is 7.38. The number of benzene rings is 1. The van der Waals surface area contributed by atoms with E-state index in [9.17, 15) is 18.0 Å². The first-order valence-corrected chi connectivity index (χ1v) is 7.38. The van der Waals surface area contributed by atoms with E-state index in [2.05, 4.69) is 5.32 Å². The lowest BCUT2D eigenvalue weighted by Crippen LogP contribution is -2.55. The monoisotopic (exact) mass is 324 g/mol. The molecular weight excluding hydrogens is 309 g/mol. The molecule has 1 aromatic carbocycles. The summed E-state index contributed by atoms with van der Waals surface area (Å²) in [6.07, 6.45) is -3.52. The number of piperidine rings is 1. The average molecular weight is 324 g/mol. The smallest absolute Gasteiger partial charge is 0.378 e. The zero-order valence-corrected chi connectivity index (χ0v) is 12.2. The molecule has 2 unspecified atom stereocenters. The first-order chi connectivity index (χ1) is 10.9. The van der Waals surface area contributed by atoms with Gasteiger partial charge in [0, 0.05) is 23.6 Å². The minimum Gasteiger partial charge on any atom is -0.378 e. The third-order valence-corrected chi connectivity index (χ3v) is 4.35. The van der Waals surface area contributed by atoms with Gasteiger partial charge in [0.1, 0.15) is 0 Å². The number of rotatable bonds is 2. The first kappa shape index (κ1) is 16.0. The summed E-state index contributed by atoms with van der Waals surface area (Å²) in [5, 5.41) is 12.4. The predicted molar refractivity (Wildman–Crippen MR) is 74.7 cm³/mol. The molecule has 2 atom stereocenters. The summed E-state index contributed by atoms with van der Waals surface area (Å²) in [7, 11) is 0. The summed E-state index contributed by atoms with van der Waals surface area (Å²) in [5.74, 6) is -0.767. The Morgan fingerprint density at radius 2 is 1.91 bits per heavy atom. The highest BCUT2D eigenvalue weighted by Gasteiger charge is 2.37. The number of hydrogen-bond acceptors (Lipinski definition) is 4. The molecule has 122 valence electrons. The van der Waals surface area contributed by atoms with Gasteiger partial charge in [0.15, 0.2) is 5.78 Å². The molecule has 2 aliphatic heterocycles. The van der Waals surface area contributed by atoms with E-state index in [0.717, 1.165) is 18.2 Å². The number of nitriles is 1. The van der Waals surface area contributed by atoms with Crippen molar-refractivity contribution < 1.29 is 22.7 Å². The fourth-order valence-electron chi connectivity index (χ4n) is 3.29. The van der Waals surface area contributed by atoms with Crippen LogP contribution in [0.1, 0.15) is 34.3 Å². The van der Waals surface area contributed by atoms with Gasteiger partial charge in [-0.15, -0.1) is 0 Å². The Bertz CT molecular complexity index is 654. The molecule has 2 aliphatic rings. The second-order valence-electron chi connectivity index (χ2n) is 6.00. The highest BCUT2D eigenvalue weighted by Crippen LogP contribution is 2.33. The van der Waals surface area contributed by atoms with Crippen molar-refractivity contribution in [1.29, 1.82) is 5.26 Å². The Morgan fingerprint density at radius 3 is 2.48 bits per heavy atom. The van der Waals surface area contributed by atoms with E-state index in [0.29, 0.717) is 26.1 Å². The van der Waals surface area contributed by atoms with Crippen molar-refractivity contribution in [3.63, 3.8) is 0 Å². The number of ether oxygens (including phenoxy) is 1. The van der Waals surface area contributed by atoms with Crippen molar-refractivity contribution >= 4 is 5.78 Å². The quantitative estimate of drug-likeness (QED) is 0.849. The number of nitrogens with zero attached hydrogens (tertiary/aromatic N) is 1. The standard InChI is InChI=1S/C16H15F3N2O2/c17-16(18,19)11-2-1-9(6-20)14(5-11)15(22)10-3-12-7-23-8-13(4-10)21-12/h1-2,5,10,12-13,21H,3-4,7-8H2. The summed E-state index contributed by atoms with van der Waals surface area (Å²) in [6, 6.07) is 4.59. The molecule has 2 bridgehead atoms. The molecule has 0 amide bonds. The number of ketones is 1. The lowest BCUT2D eigenvalue weighted by atomic mass is 9.81. The summed E-state index contributed by atoms with van der Waals surface area (Å²) in [5.41, 5.74) is -1.05. The van der Waals surface area contributed by atoms with Crippen LogP contribution in [0, 0.1) is 17.2 Å². The number of carbonyl (C=O) groups excluding carboxylic acids is 1. The third kappa shape index (κ3) is 3.23. The van der Waals surface area contributed by atoms with Crippen LogP contribution in [0.15, 0.2) is 18.2 Å². The molecular formula is C16H15F3N2O2. The molecule has 0 spiro atoms. The fraction of sp³-hybridized carbons (Fsp3) is 0.500. The molecule has 0 saturated carbocycles. The van der Waals surface area contributed by atoms with Crippen LogP contribution in [-0.4, -0.2) is 31.1 Å². The van der Waals surface area contributed by atoms with E-state index in [1.165, 1.54) is 0 Å². The van der Waals surface area contributed by atoms with Gasteiger partial charge in [-0.3, -0.25) is 4.79 Å². The van der Waals surface area contributed by atoms with Gasteiger partial charge in [0.25, 0.3) is 0 Å². The van der Waals surface area contributed by atoms with Crippen molar-refractivity contribution in [2.75, 3.05) is 13.2 Å². The van der Waals surface area contributed by atoms with Crippen LogP contribution in [0.5, 0.6) is 0 Å². The summed E-state index contributed by atoms with van der Waals surface area (Å²) in [6.45, 7) is 0.988. The maximum atomic E-state index is 12.9. The Hall–Kier alpha value is -1.91. The second kappa shape index (κ2) is 5.95. The predicted octanol–water partition coefficient (Wildman–Crippen LogP) is 2.53. The lowest BCUT2D eigenvalue weighted by molar-refractivity contribution is -0.137. The maximum Gasteiger partial charge on any atom is 0.416 e. The molecule has 0 aromatic heterocycles. The third-order valence-electron chi connectivity index (χ3n) is 4.35. The van der Waals surface area contributed by atoms with Crippen molar-refractivity contribution in [1.82, 2.24) is 5.32 Å². The van der Waals surface area contributed by atoms with E-state index in [4.69, 9.17) is 10.00 Å². The van der Waals surface area contributed by atoms with Gasteiger partial charge < -0.3 is 10.1 Å². The number of Topliss-reactive ketones (excluding diaryl/α,β-unsaturated/α-hetero) is 1. The van der Waals surface area contributed by atoms with Crippen LogP contribution in [0.3, 0.4) is 0 Å². The van der Waals surface area contributed by atoms with Gasteiger partial charge in [0.05, 0.1) is 30.4 Å². The molecule has 0 aliphatic carbocycles. The SMILES string of the molecule is N#Cc1ccc(C(F)(F)F)cc1C(=O)C1CC2COCC(C1)N2. The molecule has 23 heavy (non-hydrogen) atoms. The van der Waals surface area contributed by atoms with Crippen molar-refractivity contribution in [3.8, 4) is 6.07 Å². The maximum absolute atomic E-state index is 12.9. The normalized spacial score (nSPS) is 27.3. The molecule has 2 saturated heterocycles. The van der Waals surface area contributed by atoms with Gasteiger partial charge in [0.2, 0.25) is 0 Å². The van der Waals surface area contributed by atoms with Crippen molar-refractivity contribution in [3.05, 3.63) is 34.9 Å². The molecule has 0 radical (unpaired) electrons. The topological polar surface area (TPSA) is 62.1 Å².